The third kappa shape index (κ3) is 5.47. The van der Waals surface area contributed by atoms with E-state index in [-0.39, 0.29) is 13.2 Å². The molecule has 0 aliphatic carbocycles. The van der Waals surface area contributed by atoms with Crippen molar-refractivity contribution in [3.05, 3.63) is 85.0 Å². The second-order valence-electron chi connectivity index (χ2n) is 7.73. The molecule has 0 bridgehead atoms. The lowest BCUT2D eigenvalue weighted by Gasteiger charge is -2.17. The van der Waals surface area contributed by atoms with Gasteiger partial charge in [0.25, 0.3) is 0 Å². The molecule has 0 saturated carbocycles. The van der Waals surface area contributed by atoms with E-state index in [0.717, 1.165) is 0 Å². The van der Waals surface area contributed by atoms with Gasteiger partial charge in [0, 0.05) is 0 Å². The third-order valence-electron chi connectivity index (χ3n) is 5.40. The minimum atomic E-state index is -0.598. The molecule has 2 aromatic rings. The first-order chi connectivity index (χ1) is 16.6. The summed E-state index contributed by atoms with van der Waals surface area (Å²) in [5.74, 6) is 0.270. The Balaban J connectivity index is 1.30. The fraction of sp³-hybridized carbons (Fsp3) is 0.308. The van der Waals surface area contributed by atoms with E-state index in [0.29, 0.717) is 35.8 Å². The maximum Gasteiger partial charge on any atom is 0.338 e. The molecule has 2 aliphatic rings. The zero-order valence-electron chi connectivity index (χ0n) is 18.6. The van der Waals surface area contributed by atoms with Gasteiger partial charge in [0.2, 0.25) is 0 Å². The van der Waals surface area contributed by atoms with Gasteiger partial charge >= 0.3 is 11.9 Å². The van der Waals surface area contributed by atoms with E-state index >= 15 is 0 Å². The standard InChI is InChI=1S/C26H26O8/c1-3-13-29-19-9-5-17(6-10-19)25(27)33-21-15-31-24-22(16-32-23(21)24)34-26(28)18-7-11-20(12-8-18)30-14-4-2/h3-12,21-24H,1-2,13-16H2/t21-,22-,23-,24-/m1/s1. The predicted molar refractivity (Wildman–Crippen MR) is 122 cm³/mol. The lowest BCUT2D eigenvalue weighted by molar-refractivity contribution is -0.0287. The molecule has 2 aliphatic heterocycles. The summed E-state index contributed by atoms with van der Waals surface area (Å²) in [5.41, 5.74) is 0.770. The molecule has 0 unspecified atom stereocenters. The molecule has 8 heteroatoms. The number of fused-ring (bicyclic) bond motifs is 1. The molecule has 8 nitrogen and oxygen atoms in total. The average Bonchev–Trinajstić information content (AvgIpc) is 3.45. The van der Waals surface area contributed by atoms with E-state index in [1.54, 1.807) is 60.7 Å². The van der Waals surface area contributed by atoms with Gasteiger partial charge in [0.05, 0.1) is 24.3 Å². The van der Waals surface area contributed by atoms with Crippen molar-refractivity contribution < 1.29 is 38.0 Å². The molecule has 2 aromatic carbocycles. The van der Waals surface area contributed by atoms with Crippen molar-refractivity contribution in [2.75, 3.05) is 26.4 Å². The monoisotopic (exact) mass is 466 g/mol. The fourth-order valence-electron chi connectivity index (χ4n) is 3.73. The summed E-state index contributed by atoms with van der Waals surface area (Å²) in [4.78, 5) is 25.1. The van der Waals surface area contributed by atoms with Gasteiger partial charge < -0.3 is 28.4 Å². The quantitative estimate of drug-likeness (QED) is 0.389. The molecule has 4 rings (SSSR count). The molecule has 34 heavy (non-hydrogen) atoms. The van der Waals surface area contributed by atoms with Gasteiger partial charge in [-0.05, 0) is 48.5 Å². The van der Waals surface area contributed by atoms with Crippen molar-refractivity contribution in [3.63, 3.8) is 0 Å². The molecule has 2 fully saturated rings. The lowest BCUT2D eigenvalue weighted by atomic mass is 10.1. The molecule has 178 valence electrons. The summed E-state index contributed by atoms with van der Waals surface area (Å²) in [6.45, 7) is 8.27. The maximum absolute atomic E-state index is 12.6. The summed E-state index contributed by atoms with van der Waals surface area (Å²) in [6.07, 6.45) is 1.07. The predicted octanol–water partition coefficient (Wildman–Crippen LogP) is 3.36. The topological polar surface area (TPSA) is 89.5 Å². The van der Waals surface area contributed by atoms with Crippen molar-refractivity contribution in [3.8, 4) is 11.5 Å². The van der Waals surface area contributed by atoms with Gasteiger partial charge in [-0.25, -0.2) is 9.59 Å². The van der Waals surface area contributed by atoms with Crippen molar-refractivity contribution in [2.24, 2.45) is 0 Å². The Morgan fingerprint density at radius 2 is 1.12 bits per heavy atom. The van der Waals surface area contributed by atoms with Crippen LogP contribution in [0.5, 0.6) is 11.5 Å². The molecule has 2 saturated heterocycles. The highest BCUT2D eigenvalue weighted by Gasteiger charge is 2.51. The van der Waals surface area contributed by atoms with Crippen LogP contribution in [0.2, 0.25) is 0 Å². The van der Waals surface area contributed by atoms with Gasteiger partial charge in [0.15, 0.2) is 12.2 Å². The summed E-state index contributed by atoms with van der Waals surface area (Å²) in [5, 5.41) is 0. The molecule has 0 radical (unpaired) electrons. The lowest BCUT2D eigenvalue weighted by Crippen LogP contribution is -2.36. The van der Waals surface area contributed by atoms with Crippen molar-refractivity contribution in [1.29, 1.82) is 0 Å². The van der Waals surface area contributed by atoms with Gasteiger partial charge in [-0.15, -0.1) is 0 Å². The number of esters is 2. The molecular formula is C26H26O8. The average molecular weight is 466 g/mol. The fourth-order valence-corrected chi connectivity index (χ4v) is 3.73. The maximum atomic E-state index is 12.6. The van der Waals surface area contributed by atoms with Gasteiger partial charge in [0.1, 0.15) is 36.9 Å². The highest BCUT2D eigenvalue weighted by atomic mass is 16.7. The Bertz CT molecular complexity index is 931. The second-order valence-corrected chi connectivity index (χ2v) is 7.73. The van der Waals surface area contributed by atoms with Gasteiger partial charge in [-0.1, -0.05) is 25.3 Å². The molecule has 0 aromatic heterocycles. The molecule has 0 spiro atoms. The van der Waals surface area contributed by atoms with Crippen LogP contribution in [0.1, 0.15) is 20.7 Å². The van der Waals surface area contributed by atoms with Crippen LogP contribution in [-0.4, -0.2) is 62.8 Å². The molecular weight excluding hydrogens is 440 g/mol. The third-order valence-corrected chi connectivity index (χ3v) is 5.40. The van der Waals surface area contributed by atoms with Crippen molar-refractivity contribution in [1.82, 2.24) is 0 Å². The van der Waals surface area contributed by atoms with Crippen LogP contribution in [0.25, 0.3) is 0 Å². The molecule has 0 amide bonds. The van der Waals surface area contributed by atoms with Crippen LogP contribution < -0.4 is 9.47 Å². The number of benzene rings is 2. The van der Waals surface area contributed by atoms with E-state index in [9.17, 15) is 9.59 Å². The summed E-state index contributed by atoms with van der Waals surface area (Å²) >= 11 is 0. The van der Waals surface area contributed by atoms with E-state index < -0.39 is 36.4 Å². The molecule has 0 N–H and O–H groups in total. The van der Waals surface area contributed by atoms with Crippen LogP contribution in [0.3, 0.4) is 0 Å². The number of rotatable bonds is 10. The minimum absolute atomic E-state index is 0.158. The van der Waals surface area contributed by atoms with E-state index in [2.05, 4.69) is 13.2 Å². The molecule has 2 heterocycles. The summed E-state index contributed by atoms with van der Waals surface area (Å²) in [7, 11) is 0. The number of ether oxygens (including phenoxy) is 6. The van der Waals surface area contributed by atoms with E-state index in [4.69, 9.17) is 28.4 Å². The minimum Gasteiger partial charge on any atom is -0.490 e. The first kappa shape index (κ1) is 23.5. The number of hydrogen-bond acceptors (Lipinski definition) is 8. The van der Waals surface area contributed by atoms with Crippen LogP contribution in [-0.2, 0) is 18.9 Å². The van der Waals surface area contributed by atoms with Gasteiger partial charge in [-0.3, -0.25) is 0 Å². The number of carbonyl (C=O) groups excluding carboxylic acids is 2. The highest BCUT2D eigenvalue weighted by Crippen LogP contribution is 2.31. The molecule has 4 atom stereocenters. The Morgan fingerprint density at radius 3 is 1.47 bits per heavy atom. The zero-order valence-corrected chi connectivity index (χ0v) is 18.6. The Morgan fingerprint density at radius 1 is 0.735 bits per heavy atom. The van der Waals surface area contributed by atoms with Crippen molar-refractivity contribution >= 4 is 11.9 Å². The van der Waals surface area contributed by atoms with Crippen molar-refractivity contribution in [2.45, 2.75) is 24.4 Å². The van der Waals surface area contributed by atoms with Crippen LogP contribution in [0.15, 0.2) is 73.8 Å². The normalized spacial score (nSPS) is 22.9. The highest BCUT2D eigenvalue weighted by molar-refractivity contribution is 5.90. The zero-order chi connectivity index (χ0) is 23.9. The number of hydrogen-bond donors (Lipinski definition) is 0. The van der Waals surface area contributed by atoms with Crippen LogP contribution in [0.4, 0.5) is 0 Å². The largest absolute Gasteiger partial charge is 0.490 e. The second kappa shape index (κ2) is 11.0. The van der Waals surface area contributed by atoms with Crippen LogP contribution >= 0.6 is 0 Å². The first-order valence-electron chi connectivity index (χ1n) is 10.9. The Labute approximate surface area is 197 Å². The van der Waals surface area contributed by atoms with E-state index in [1.807, 2.05) is 0 Å². The SMILES string of the molecule is C=CCOc1ccc(C(=O)O[C@@H]2CO[C@H]3[C@@H]2OC[C@H]3OC(=O)c2ccc(OCC=C)cc2)cc1. The first-order valence-corrected chi connectivity index (χ1v) is 10.9. The smallest absolute Gasteiger partial charge is 0.338 e. The van der Waals surface area contributed by atoms with Crippen LogP contribution in [0, 0.1) is 0 Å². The van der Waals surface area contributed by atoms with E-state index in [1.165, 1.54) is 0 Å². The van der Waals surface area contributed by atoms with Gasteiger partial charge in [-0.2, -0.15) is 0 Å². The summed E-state index contributed by atoms with van der Waals surface area (Å²) in [6, 6.07) is 13.3. The summed E-state index contributed by atoms with van der Waals surface area (Å²) < 4.78 is 33.6. The number of carbonyl (C=O) groups is 2. The Kier molecular flexibility index (Phi) is 7.61. The Hall–Kier alpha value is -3.62.